The zero-order valence-electron chi connectivity index (χ0n) is 9.04. The summed E-state index contributed by atoms with van der Waals surface area (Å²) < 4.78 is 13.3. The SMILES string of the molecule is Cc1cc(Cl)c(C(=O)C2CC2C(=O)O)cc1F. The van der Waals surface area contributed by atoms with Crippen molar-refractivity contribution in [2.24, 2.45) is 11.8 Å². The van der Waals surface area contributed by atoms with E-state index in [0.29, 0.717) is 12.0 Å². The molecule has 1 saturated carbocycles. The molecule has 0 radical (unpaired) electrons. The van der Waals surface area contributed by atoms with Gasteiger partial charge in [-0.2, -0.15) is 0 Å². The molecule has 1 N–H and O–H groups in total. The summed E-state index contributed by atoms with van der Waals surface area (Å²) in [4.78, 5) is 22.5. The van der Waals surface area contributed by atoms with Crippen molar-refractivity contribution in [2.75, 3.05) is 0 Å². The van der Waals surface area contributed by atoms with Crippen LogP contribution in [0, 0.1) is 24.6 Å². The van der Waals surface area contributed by atoms with Crippen molar-refractivity contribution in [3.8, 4) is 0 Å². The number of hydrogen-bond acceptors (Lipinski definition) is 2. The van der Waals surface area contributed by atoms with Crippen LogP contribution in [0.5, 0.6) is 0 Å². The van der Waals surface area contributed by atoms with Gasteiger partial charge in [0.15, 0.2) is 5.78 Å². The highest BCUT2D eigenvalue weighted by molar-refractivity contribution is 6.34. The van der Waals surface area contributed by atoms with Crippen LogP contribution in [0.2, 0.25) is 5.02 Å². The number of carboxylic acids is 1. The second kappa shape index (κ2) is 4.11. The summed E-state index contributed by atoms with van der Waals surface area (Å²) >= 11 is 5.86. The Labute approximate surface area is 102 Å². The molecule has 17 heavy (non-hydrogen) atoms. The molecule has 2 rings (SSSR count). The van der Waals surface area contributed by atoms with Crippen LogP contribution < -0.4 is 0 Å². The Balaban J connectivity index is 2.27. The lowest BCUT2D eigenvalue weighted by atomic mass is 10.0. The van der Waals surface area contributed by atoms with E-state index in [2.05, 4.69) is 0 Å². The number of Topliss-reactive ketones (excluding diaryl/α,β-unsaturated/α-hetero) is 1. The monoisotopic (exact) mass is 256 g/mol. The summed E-state index contributed by atoms with van der Waals surface area (Å²) in [5, 5.41) is 8.90. The molecule has 0 aromatic heterocycles. The molecule has 1 aliphatic rings. The number of aryl methyl sites for hydroxylation is 1. The topological polar surface area (TPSA) is 54.4 Å². The van der Waals surface area contributed by atoms with Crippen LogP contribution in [0.25, 0.3) is 0 Å². The summed E-state index contributed by atoms with van der Waals surface area (Å²) in [5.41, 5.74) is 0.431. The zero-order valence-corrected chi connectivity index (χ0v) is 9.79. The van der Waals surface area contributed by atoms with Crippen molar-refractivity contribution in [3.05, 3.63) is 34.1 Å². The van der Waals surface area contributed by atoms with Crippen molar-refractivity contribution in [2.45, 2.75) is 13.3 Å². The lowest BCUT2D eigenvalue weighted by molar-refractivity contribution is -0.138. The average molecular weight is 257 g/mol. The molecule has 1 aliphatic carbocycles. The summed E-state index contributed by atoms with van der Waals surface area (Å²) in [6.45, 7) is 1.55. The van der Waals surface area contributed by atoms with E-state index in [1.807, 2.05) is 0 Å². The molecular formula is C12H10ClFO3. The average Bonchev–Trinajstić information content (AvgIpc) is 3.02. The number of carbonyl (C=O) groups excluding carboxylic acids is 1. The number of aliphatic carboxylic acids is 1. The van der Waals surface area contributed by atoms with E-state index < -0.39 is 23.6 Å². The van der Waals surface area contributed by atoms with Gasteiger partial charge in [0.1, 0.15) is 5.82 Å². The van der Waals surface area contributed by atoms with Crippen molar-refractivity contribution in [1.29, 1.82) is 0 Å². The van der Waals surface area contributed by atoms with Crippen LogP contribution in [-0.2, 0) is 4.79 Å². The van der Waals surface area contributed by atoms with Gasteiger partial charge in [-0.25, -0.2) is 4.39 Å². The molecule has 1 fully saturated rings. The molecule has 1 aromatic rings. The molecule has 2 unspecified atom stereocenters. The fourth-order valence-corrected chi connectivity index (χ4v) is 2.10. The van der Waals surface area contributed by atoms with Crippen LogP contribution in [0.4, 0.5) is 4.39 Å². The third kappa shape index (κ3) is 2.17. The number of halogens is 2. The Kier molecular flexibility index (Phi) is 2.91. The van der Waals surface area contributed by atoms with Crippen LogP contribution in [-0.4, -0.2) is 16.9 Å². The minimum Gasteiger partial charge on any atom is -0.481 e. The molecule has 3 nitrogen and oxygen atoms in total. The van der Waals surface area contributed by atoms with Gasteiger partial charge in [-0.1, -0.05) is 11.6 Å². The first-order valence-corrected chi connectivity index (χ1v) is 5.52. The van der Waals surface area contributed by atoms with Gasteiger partial charge in [-0.3, -0.25) is 9.59 Å². The quantitative estimate of drug-likeness (QED) is 0.846. The van der Waals surface area contributed by atoms with E-state index in [0.717, 1.165) is 6.07 Å². The van der Waals surface area contributed by atoms with Crippen molar-refractivity contribution in [3.63, 3.8) is 0 Å². The van der Waals surface area contributed by atoms with Crippen molar-refractivity contribution >= 4 is 23.4 Å². The molecule has 0 amide bonds. The first-order valence-electron chi connectivity index (χ1n) is 5.14. The Bertz CT molecular complexity index is 513. The lowest BCUT2D eigenvalue weighted by Crippen LogP contribution is -2.09. The fourth-order valence-electron chi connectivity index (χ4n) is 1.79. The molecule has 0 bridgehead atoms. The summed E-state index contributed by atoms with van der Waals surface area (Å²) in [7, 11) is 0. The van der Waals surface area contributed by atoms with Gasteiger partial charge >= 0.3 is 5.97 Å². The normalized spacial score (nSPS) is 22.3. The predicted molar refractivity (Wildman–Crippen MR) is 59.7 cm³/mol. The van der Waals surface area contributed by atoms with Gasteiger partial charge < -0.3 is 5.11 Å². The maximum absolute atomic E-state index is 13.3. The van der Waals surface area contributed by atoms with Crippen molar-refractivity contribution in [1.82, 2.24) is 0 Å². The minimum atomic E-state index is -0.993. The van der Waals surface area contributed by atoms with Gasteiger partial charge in [-0.15, -0.1) is 0 Å². The Morgan fingerprint density at radius 3 is 2.59 bits per heavy atom. The molecule has 1 aromatic carbocycles. The third-order valence-corrected chi connectivity index (χ3v) is 3.27. The second-order valence-electron chi connectivity index (χ2n) is 4.23. The van der Waals surface area contributed by atoms with Crippen LogP contribution in [0.3, 0.4) is 0 Å². The summed E-state index contributed by atoms with van der Waals surface area (Å²) in [6, 6.07) is 2.46. The molecule has 0 heterocycles. The number of hydrogen-bond donors (Lipinski definition) is 1. The highest BCUT2D eigenvalue weighted by Crippen LogP contribution is 2.42. The van der Waals surface area contributed by atoms with E-state index in [-0.39, 0.29) is 16.4 Å². The van der Waals surface area contributed by atoms with Gasteiger partial charge in [-0.05, 0) is 31.0 Å². The smallest absolute Gasteiger partial charge is 0.307 e. The Morgan fingerprint density at radius 1 is 1.41 bits per heavy atom. The maximum atomic E-state index is 13.3. The molecule has 5 heteroatoms. The standard InChI is InChI=1S/C12H10ClFO3/c1-5-2-9(13)8(4-10(5)14)11(15)6-3-7(6)12(16)17/h2,4,6-7H,3H2,1H3,(H,16,17). The molecule has 2 atom stereocenters. The zero-order chi connectivity index (χ0) is 12.7. The molecule has 90 valence electrons. The number of carbonyl (C=O) groups is 2. The van der Waals surface area contributed by atoms with Crippen LogP contribution >= 0.6 is 11.6 Å². The number of rotatable bonds is 3. The third-order valence-electron chi connectivity index (χ3n) is 2.96. The largest absolute Gasteiger partial charge is 0.481 e. The van der Waals surface area contributed by atoms with E-state index in [1.54, 1.807) is 6.92 Å². The molecule has 0 spiro atoms. The number of carboxylic acid groups (broad SMARTS) is 1. The maximum Gasteiger partial charge on any atom is 0.307 e. The Morgan fingerprint density at radius 2 is 2.06 bits per heavy atom. The van der Waals surface area contributed by atoms with Crippen LogP contribution in [0.15, 0.2) is 12.1 Å². The summed E-state index contributed by atoms with van der Waals surface area (Å²) in [6.07, 6.45) is 0.306. The first-order chi connectivity index (χ1) is 7.91. The highest BCUT2D eigenvalue weighted by Gasteiger charge is 2.48. The van der Waals surface area contributed by atoms with Gasteiger partial charge in [0.2, 0.25) is 0 Å². The first kappa shape index (κ1) is 12.0. The molecule has 0 saturated heterocycles. The second-order valence-corrected chi connectivity index (χ2v) is 4.64. The number of benzene rings is 1. The predicted octanol–water partition coefficient (Wildman–Crippen LogP) is 2.69. The van der Waals surface area contributed by atoms with Gasteiger partial charge in [0.05, 0.1) is 10.9 Å². The van der Waals surface area contributed by atoms with Gasteiger partial charge in [0, 0.05) is 11.5 Å². The molecule has 0 aliphatic heterocycles. The fraction of sp³-hybridized carbons (Fsp3) is 0.333. The van der Waals surface area contributed by atoms with E-state index in [9.17, 15) is 14.0 Å². The minimum absolute atomic E-state index is 0.0727. The number of ketones is 1. The summed E-state index contributed by atoms with van der Waals surface area (Å²) in [5.74, 6) is -3.10. The lowest BCUT2D eigenvalue weighted by Gasteiger charge is -2.05. The highest BCUT2D eigenvalue weighted by atomic mass is 35.5. The van der Waals surface area contributed by atoms with E-state index in [4.69, 9.17) is 16.7 Å². The van der Waals surface area contributed by atoms with Crippen molar-refractivity contribution < 1.29 is 19.1 Å². The van der Waals surface area contributed by atoms with Gasteiger partial charge in [0.25, 0.3) is 0 Å². The van der Waals surface area contributed by atoms with E-state index >= 15 is 0 Å². The van der Waals surface area contributed by atoms with E-state index in [1.165, 1.54) is 6.07 Å². The molecular weight excluding hydrogens is 247 g/mol. The van der Waals surface area contributed by atoms with Crippen LogP contribution in [0.1, 0.15) is 22.3 Å². The Hall–Kier alpha value is -1.42.